The first kappa shape index (κ1) is 13.6. The summed E-state index contributed by atoms with van der Waals surface area (Å²) in [5.74, 6) is 0. The Morgan fingerprint density at radius 2 is 2.06 bits per heavy atom. The molecule has 1 N–H and O–H groups in total. The van der Waals surface area contributed by atoms with E-state index in [1.165, 1.54) is 4.90 Å². The molecule has 0 aromatic heterocycles. The molecule has 1 aromatic carbocycles. The second-order valence-corrected chi connectivity index (χ2v) is 4.20. The third-order valence-electron chi connectivity index (χ3n) is 2.39. The Hall–Kier alpha value is -1.48. The molecule has 0 spiro atoms. The summed E-state index contributed by atoms with van der Waals surface area (Å²) in [5, 5.41) is 9.72. The number of benzene rings is 1. The van der Waals surface area contributed by atoms with Gasteiger partial charge in [0.05, 0.1) is 0 Å². The van der Waals surface area contributed by atoms with Gasteiger partial charge in [-0.2, -0.15) is 0 Å². The highest BCUT2D eigenvalue weighted by Crippen LogP contribution is 2.12. The van der Waals surface area contributed by atoms with Crippen molar-refractivity contribution in [3.05, 3.63) is 47.5 Å². The Kier molecular flexibility index (Phi) is 5.57. The number of nitrogens with zero attached hydrogens (tertiary/aromatic N) is 1. The van der Waals surface area contributed by atoms with E-state index in [4.69, 9.17) is 16.7 Å². The zero-order valence-corrected chi connectivity index (χ0v) is 10.4. The lowest BCUT2D eigenvalue weighted by Gasteiger charge is -2.18. The van der Waals surface area contributed by atoms with Crippen LogP contribution in [0.2, 0.25) is 5.02 Å². The van der Waals surface area contributed by atoms with Crippen LogP contribution in [0.15, 0.2) is 36.9 Å². The first-order valence-electron chi connectivity index (χ1n) is 5.46. The van der Waals surface area contributed by atoms with Crippen LogP contribution in [-0.4, -0.2) is 22.6 Å². The van der Waals surface area contributed by atoms with Crippen LogP contribution in [0.3, 0.4) is 0 Å². The van der Waals surface area contributed by atoms with E-state index in [0.29, 0.717) is 18.1 Å². The van der Waals surface area contributed by atoms with Crippen molar-refractivity contribution in [2.75, 3.05) is 6.54 Å². The molecule has 0 heterocycles. The normalized spacial score (nSPS) is 9.94. The molecular formula is C13H16ClNO2. The molecule has 17 heavy (non-hydrogen) atoms. The Balaban J connectivity index is 2.56. The molecule has 0 aliphatic carbocycles. The van der Waals surface area contributed by atoms with Gasteiger partial charge in [-0.25, -0.2) is 4.79 Å². The molecular weight excluding hydrogens is 238 g/mol. The lowest BCUT2D eigenvalue weighted by Crippen LogP contribution is -2.29. The molecule has 0 fully saturated rings. The Morgan fingerprint density at radius 1 is 1.41 bits per heavy atom. The van der Waals surface area contributed by atoms with Gasteiger partial charge in [0.2, 0.25) is 0 Å². The summed E-state index contributed by atoms with van der Waals surface area (Å²) in [7, 11) is 0. The Labute approximate surface area is 106 Å². The van der Waals surface area contributed by atoms with Crippen LogP contribution in [-0.2, 0) is 6.54 Å². The van der Waals surface area contributed by atoms with Crippen molar-refractivity contribution in [3.63, 3.8) is 0 Å². The Morgan fingerprint density at radius 3 is 2.59 bits per heavy atom. The zero-order valence-electron chi connectivity index (χ0n) is 9.60. The van der Waals surface area contributed by atoms with Gasteiger partial charge >= 0.3 is 6.09 Å². The van der Waals surface area contributed by atoms with Crippen molar-refractivity contribution in [3.8, 4) is 0 Å². The van der Waals surface area contributed by atoms with Gasteiger partial charge in [-0.1, -0.05) is 29.8 Å². The molecule has 0 unspecified atom stereocenters. The van der Waals surface area contributed by atoms with Gasteiger partial charge in [-0.3, -0.25) is 0 Å². The summed E-state index contributed by atoms with van der Waals surface area (Å²) in [4.78, 5) is 12.4. The van der Waals surface area contributed by atoms with Crippen LogP contribution < -0.4 is 0 Å². The van der Waals surface area contributed by atoms with Gasteiger partial charge in [0, 0.05) is 18.1 Å². The molecule has 1 amide bonds. The number of rotatable bonds is 6. The molecule has 92 valence electrons. The van der Waals surface area contributed by atoms with Gasteiger partial charge in [-0.15, -0.1) is 6.58 Å². The van der Waals surface area contributed by atoms with E-state index in [1.807, 2.05) is 12.1 Å². The number of carboxylic acid groups (broad SMARTS) is 1. The smallest absolute Gasteiger partial charge is 0.407 e. The number of halogens is 1. The lowest BCUT2D eigenvalue weighted by atomic mass is 10.2. The third-order valence-corrected chi connectivity index (χ3v) is 2.65. The van der Waals surface area contributed by atoms with Crippen molar-refractivity contribution in [1.82, 2.24) is 4.90 Å². The highest BCUT2D eigenvalue weighted by molar-refractivity contribution is 6.30. The van der Waals surface area contributed by atoms with Gasteiger partial charge in [0.15, 0.2) is 0 Å². The first-order valence-corrected chi connectivity index (χ1v) is 5.84. The summed E-state index contributed by atoms with van der Waals surface area (Å²) in [6, 6.07) is 7.21. The monoisotopic (exact) mass is 253 g/mol. The van der Waals surface area contributed by atoms with Crippen LogP contribution in [0.25, 0.3) is 0 Å². The molecule has 0 bridgehead atoms. The fourth-order valence-corrected chi connectivity index (χ4v) is 1.61. The van der Waals surface area contributed by atoms with E-state index < -0.39 is 6.09 Å². The molecule has 1 aromatic rings. The van der Waals surface area contributed by atoms with Gasteiger partial charge in [0.1, 0.15) is 0 Å². The van der Waals surface area contributed by atoms with E-state index >= 15 is 0 Å². The fraction of sp³-hybridized carbons (Fsp3) is 0.308. The molecule has 3 nitrogen and oxygen atoms in total. The van der Waals surface area contributed by atoms with E-state index in [2.05, 4.69) is 6.58 Å². The molecule has 0 atom stereocenters. The lowest BCUT2D eigenvalue weighted by molar-refractivity contribution is 0.142. The van der Waals surface area contributed by atoms with Crippen LogP contribution in [0.4, 0.5) is 4.79 Å². The van der Waals surface area contributed by atoms with E-state index in [-0.39, 0.29) is 0 Å². The number of allylic oxidation sites excluding steroid dienone is 1. The highest BCUT2D eigenvalue weighted by atomic mass is 35.5. The molecule has 4 heteroatoms. The maximum absolute atomic E-state index is 11.0. The molecule has 0 saturated heterocycles. The highest BCUT2D eigenvalue weighted by Gasteiger charge is 2.11. The van der Waals surface area contributed by atoms with Crippen LogP contribution in [0.1, 0.15) is 18.4 Å². The van der Waals surface area contributed by atoms with Crippen LogP contribution in [0.5, 0.6) is 0 Å². The maximum Gasteiger partial charge on any atom is 0.407 e. The second-order valence-electron chi connectivity index (χ2n) is 3.76. The Bertz CT molecular complexity index is 376. The number of amides is 1. The standard InChI is InChI=1S/C13H16ClNO2/c1-2-3-4-9-15(13(16)17)10-11-5-7-12(14)8-6-11/h2,5-8H,1,3-4,9-10H2,(H,16,17). The van der Waals surface area contributed by atoms with Crippen molar-refractivity contribution in [1.29, 1.82) is 0 Å². The quantitative estimate of drug-likeness (QED) is 0.619. The molecule has 0 saturated carbocycles. The van der Waals surface area contributed by atoms with Crippen molar-refractivity contribution in [2.24, 2.45) is 0 Å². The van der Waals surface area contributed by atoms with Crippen LogP contribution in [0, 0.1) is 0 Å². The zero-order chi connectivity index (χ0) is 12.7. The summed E-state index contributed by atoms with van der Waals surface area (Å²) >= 11 is 5.77. The summed E-state index contributed by atoms with van der Waals surface area (Å²) in [6.45, 7) is 4.53. The maximum atomic E-state index is 11.0. The number of carbonyl (C=O) groups is 1. The second kappa shape index (κ2) is 6.97. The van der Waals surface area contributed by atoms with Gasteiger partial charge in [0.25, 0.3) is 0 Å². The molecule has 0 radical (unpaired) electrons. The average Bonchev–Trinajstić information content (AvgIpc) is 2.30. The number of hydrogen-bond acceptors (Lipinski definition) is 1. The first-order chi connectivity index (χ1) is 8.13. The van der Waals surface area contributed by atoms with E-state index in [9.17, 15) is 4.79 Å². The van der Waals surface area contributed by atoms with Gasteiger partial charge < -0.3 is 10.0 Å². The fourth-order valence-electron chi connectivity index (χ4n) is 1.48. The average molecular weight is 254 g/mol. The largest absolute Gasteiger partial charge is 0.465 e. The topological polar surface area (TPSA) is 40.5 Å². The predicted molar refractivity (Wildman–Crippen MR) is 69.3 cm³/mol. The van der Waals surface area contributed by atoms with E-state index in [0.717, 1.165) is 18.4 Å². The van der Waals surface area contributed by atoms with Crippen molar-refractivity contribution < 1.29 is 9.90 Å². The van der Waals surface area contributed by atoms with Gasteiger partial charge in [-0.05, 0) is 30.5 Å². The predicted octanol–water partition coefficient (Wildman–Crippen LogP) is 3.79. The van der Waals surface area contributed by atoms with E-state index in [1.54, 1.807) is 18.2 Å². The number of hydrogen-bond donors (Lipinski definition) is 1. The van der Waals surface area contributed by atoms with Crippen LogP contribution >= 0.6 is 11.6 Å². The molecule has 0 aliphatic rings. The summed E-state index contributed by atoms with van der Waals surface area (Å²) < 4.78 is 0. The third kappa shape index (κ3) is 4.91. The number of unbranched alkanes of at least 4 members (excludes halogenated alkanes) is 1. The minimum absolute atomic E-state index is 0.393. The minimum atomic E-state index is -0.899. The van der Waals surface area contributed by atoms with Crippen molar-refractivity contribution in [2.45, 2.75) is 19.4 Å². The minimum Gasteiger partial charge on any atom is -0.465 e. The molecule has 1 rings (SSSR count). The summed E-state index contributed by atoms with van der Waals surface area (Å²) in [6.07, 6.45) is 2.51. The van der Waals surface area contributed by atoms with Crippen molar-refractivity contribution >= 4 is 17.7 Å². The summed E-state index contributed by atoms with van der Waals surface area (Å²) in [5.41, 5.74) is 0.940. The SMILES string of the molecule is C=CCCCN(Cc1ccc(Cl)cc1)C(=O)O. The molecule has 0 aliphatic heterocycles.